The SMILES string of the molecule is COC(=O)CCN(CCC(=O)OC)C(=O)c1ccc(-c2c3ccc(=O)cc-3oc3cc(Oc4cc(C)c(O)c(C)c4)ccc23)c(C(=O)O)c1. The number of carbonyl (C=O) groups is 4. The molecular weight excluding hydrogens is 634 g/mol. The zero-order valence-electron chi connectivity index (χ0n) is 27.2. The van der Waals surface area contributed by atoms with Crippen LogP contribution in [-0.4, -0.2) is 66.2 Å². The first kappa shape index (κ1) is 34.2. The third-order valence-electron chi connectivity index (χ3n) is 8.05. The molecule has 1 amide bonds. The maximum Gasteiger partial charge on any atom is 0.336 e. The van der Waals surface area contributed by atoms with Crippen molar-refractivity contribution >= 4 is 34.8 Å². The van der Waals surface area contributed by atoms with Gasteiger partial charge in [0.05, 0.1) is 32.6 Å². The van der Waals surface area contributed by atoms with E-state index in [2.05, 4.69) is 9.47 Å². The van der Waals surface area contributed by atoms with Gasteiger partial charge in [-0.2, -0.15) is 0 Å². The van der Waals surface area contributed by atoms with E-state index < -0.39 is 23.8 Å². The molecule has 0 atom stereocenters. The number of benzene rings is 4. The Labute approximate surface area is 280 Å². The molecule has 2 N–H and O–H groups in total. The van der Waals surface area contributed by atoms with Gasteiger partial charge in [-0.1, -0.05) is 6.07 Å². The number of phenols is 1. The van der Waals surface area contributed by atoms with Crippen LogP contribution in [0.4, 0.5) is 0 Å². The zero-order valence-corrected chi connectivity index (χ0v) is 27.2. The van der Waals surface area contributed by atoms with Gasteiger partial charge in [-0.25, -0.2) is 4.79 Å². The maximum absolute atomic E-state index is 13.6. The first-order chi connectivity index (χ1) is 23.4. The van der Waals surface area contributed by atoms with E-state index in [9.17, 15) is 34.2 Å². The molecule has 0 saturated heterocycles. The van der Waals surface area contributed by atoms with Crippen LogP contribution < -0.4 is 10.2 Å². The molecule has 0 unspecified atom stereocenters. The molecule has 0 bridgehead atoms. The quantitative estimate of drug-likeness (QED) is 0.126. The average Bonchev–Trinajstić information content (AvgIpc) is 3.08. The fourth-order valence-electron chi connectivity index (χ4n) is 5.54. The minimum atomic E-state index is -1.32. The summed E-state index contributed by atoms with van der Waals surface area (Å²) in [5.41, 5.74) is 2.22. The summed E-state index contributed by atoms with van der Waals surface area (Å²) in [6.45, 7) is 3.36. The molecule has 0 fully saturated rings. The van der Waals surface area contributed by atoms with Crippen LogP contribution in [0.1, 0.15) is 44.7 Å². The second-order valence-electron chi connectivity index (χ2n) is 11.3. The molecule has 5 rings (SSSR count). The average molecular weight is 668 g/mol. The van der Waals surface area contributed by atoms with E-state index in [0.717, 1.165) is 0 Å². The molecule has 1 aliphatic heterocycles. The highest BCUT2D eigenvalue weighted by molar-refractivity contribution is 6.09. The van der Waals surface area contributed by atoms with E-state index in [1.165, 1.54) is 49.5 Å². The highest BCUT2D eigenvalue weighted by Crippen LogP contribution is 2.43. The Balaban J connectivity index is 1.61. The minimum Gasteiger partial charge on any atom is -0.507 e. The van der Waals surface area contributed by atoms with E-state index in [0.29, 0.717) is 44.7 Å². The smallest absolute Gasteiger partial charge is 0.336 e. The summed E-state index contributed by atoms with van der Waals surface area (Å²) < 4.78 is 21.6. The van der Waals surface area contributed by atoms with Crippen LogP contribution in [0, 0.1) is 13.8 Å². The predicted molar refractivity (Wildman–Crippen MR) is 178 cm³/mol. The number of aromatic carboxylic acids is 1. The van der Waals surface area contributed by atoms with Crippen molar-refractivity contribution in [1.29, 1.82) is 0 Å². The number of carbonyl (C=O) groups excluding carboxylic acids is 3. The molecule has 1 heterocycles. The normalized spacial score (nSPS) is 10.9. The predicted octanol–water partition coefficient (Wildman–Crippen LogP) is 5.95. The fourth-order valence-corrected chi connectivity index (χ4v) is 5.54. The number of hydrogen-bond donors (Lipinski definition) is 2. The lowest BCUT2D eigenvalue weighted by atomic mass is 9.89. The standard InChI is InChI=1S/C37H33NO11/c1-20-15-25(16-21(2)35(20)42)48-24-7-10-28-31(19-24)49-30-18-23(39)6-9-27(30)34(28)26-8-5-22(17-29(26)37(44)45)36(43)38(13-11-32(40)46-3)14-12-33(41)47-4/h5-10,15-19,42H,11-14H2,1-4H3,(H,44,45). The Morgan fingerprint density at radius 2 is 1.41 bits per heavy atom. The third kappa shape index (κ3) is 7.38. The molecule has 3 aromatic rings. The van der Waals surface area contributed by atoms with Crippen LogP contribution in [0.25, 0.3) is 33.4 Å². The number of rotatable bonds is 11. The molecular formula is C37H33NO11. The van der Waals surface area contributed by atoms with E-state index >= 15 is 0 Å². The van der Waals surface area contributed by atoms with Gasteiger partial charge in [-0.15, -0.1) is 0 Å². The van der Waals surface area contributed by atoms with Crippen LogP contribution in [-0.2, 0) is 19.1 Å². The fraction of sp³-hybridized carbons (Fsp3) is 0.216. The number of ether oxygens (including phenoxy) is 3. The summed E-state index contributed by atoms with van der Waals surface area (Å²) in [7, 11) is 2.43. The number of aromatic hydroxyl groups is 1. The lowest BCUT2D eigenvalue weighted by molar-refractivity contribution is -0.140. The zero-order chi connectivity index (χ0) is 35.4. The molecule has 1 aliphatic carbocycles. The van der Waals surface area contributed by atoms with Gasteiger partial charge in [0.2, 0.25) is 0 Å². The van der Waals surface area contributed by atoms with Gasteiger partial charge in [0.15, 0.2) is 5.43 Å². The first-order valence-electron chi connectivity index (χ1n) is 15.2. The van der Waals surface area contributed by atoms with Gasteiger partial charge in [-0.3, -0.25) is 19.2 Å². The Morgan fingerprint density at radius 3 is 2.02 bits per heavy atom. The molecule has 0 saturated carbocycles. The van der Waals surface area contributed by atoms with E-state index in [-0.39, 0.29) is 59.6 Å². The lowest BCUT2D eigenvalue weighted by Crippen LogP contribution is -2.35. The van der Waals surface area contributed by atoms with Crippen molar-refractivity contribution in [2.75, 3.05) is 27.3 Å². The van der Waals surface area contributed by atoms with Gasteiger partial charge >= 0.3 is 17.9 Å². The molecule has 0 spiro atoms. The van der Waals surface area contributed by atoms with Gasteiger partial charge in [0.1, 0.15) is 28.6 Å². The summed E-state index contributed by atoms with van der Waals surface area (Å²) >= 11 is 0. The van der Waals surface area contributed by atoms with Crippen LogP contribution >= 0.6 is 0 Å². The van der Waals surface area contributed by atoms with Crippen LogP contribution in [0.5, 0.6) is 17.2 Å². The van der Waals surface area contributed by atoms with Crippen molar-refractivity contribution in [3.05, 3.63) is 99.2 Å². The van der Waals surface area contributed by atoms with Gasteiger partial charge in [0.25, 0.3) is 5.91 Å². The number of hydrogen-bond acceptors (Lipinski definition) is 10. The van der Waals surface area contributed by atoms with E-state index in [4.69, 9.17) is 9.15 Å². The van der Waals surface area contributed by atoms with Crippen LogP contribution in [0.2, 0.25) is 0 Å². The van der Waals surface area contributed by atoms with Crippen molar-refractivity contribution < 1.29 is 48.0 Å². The van der Waals surface area contributed by atoms with Gasteiger partial charge in [0, 0.05) is 47.3 Å². The highest BCUT2D eigenvalue weighted by Gasteiger charge is 2.25. The number of amides is 1. The maximum atomic E-state index is 13.6. The number of nitrogens with zero attached hydrogens (tertiary/aromatic N) is 1. The number of fused-ring (bicyclic) bond motifs is 2. The number of aryl methyl sites for hydroxylation is 2. The highest BCUT2D eigenvalue weighted by atomic mass is 16.5. The molecule has 252 valence electrons. The van der Waals surface area contributed by atoms with Crippen molar-refractivity contribution in [3.8, 4) is 39.7 Å². The minimum absolute atomic E-state index is 0.0159. The van der Waals surface area contributed by atoms with E-state index in [1.54, 1.807) is 50.2 Å². The molecule has 12 nitrogen and oxygen atoms in total. The molecule has 0 radical (unpaired) electrons. The van der Waals surface area contributed by atoms with Crippen LogP contribution in [0.15, 0.2) is 75.9 Å². The Kier molecular flexibility index (Phi) is 9.97. The van der Waals surface area contributed by atoms with E-state index in [1.807, 2.05) is 0 Å². The number of phenolic OH excluding ortho intramolecular Hbond substituents is 1. The number of carboxylic acid groups (broad SMARTS) is 1. The summed E-state index contributed by atoms with van der Waals surface area (Å²) in [6.07, 6.45) is -0.281. The number of esters is 2. The number of methoxy groups -OCH3 is 2. The molecule has 0 aromatic heterocycles. The molecule has 3 aromatic carbocycles. The number of carboxylic acids is 1. The van der Waals surface area contributed by atoms with Gasteiger partial charge in [-0.05, 0) is 79.1 Å². The monoisotopic (exact) mass is 667 g/mol. The largest absolute Gasteiger partial charge is 0.507 e. The summed E-state index contributed by atoms with van der Waals surface area (Å²) in [4.78, 5) is 63.7. The Morgan fingerprint density at radius 1 is 0.776 bits per heavy atom. The van der Waals surface area contributed by atoms with Crippen molar-refractivity contribution in [1.82, 2.24) is 4.90 Å². The second kappa shape index (κ2) is 14.3. The lowest BCUT2D eigenvalue weighted by Gasteiger charge is -2.23. The van der Waals surface area contributed by atoms with Crippen molar-refractivity contribution in [3.63, 3.8) is 0 Å². The third-order valence-corrected chi connectivity index (χ3v) is 8.05. The van der Waals surface area contributed by atoms with Gasteiger partial charge < -0.3 is 33.7 Å². The summed E-state index contributed by atoms with van der Waals surface area (Å²) in [6, 6.07) is 16.8. The van der Waals surface area contributed by atoms with Crippen molar-refractivity contribution in [2.24, 2.45) is 0 Å². The first-order valence-corrected chi connectivity index (χ1v) is 15.2. The van der Waals surface area contributed by atoms with Crippen LogP contribution in [0.3, 0.4) is 0 Å². The Bertz CT molecular complexity index is 2090. The summed E-state index contributed by atoms with van der Waals surface area (Å²) in [5.74, 6) is -1.79. The molecule has 49 heavy (non-hydrogen) atoms. The van der Waals surface area contributed by atoms with Crippen molar-refractivity contribution in [2.45, 2.75) is 26.7 Å². The summed E-state index contributed by atoms with van der Waals surface area (Å²) in [5, 5.41) is 21.1. The molecule has 2 aliphatic rings. The molecule has 12 heteroatoms. The Hall–Kier alpha value is -6.17. The topological polar surface area (TPSA) is 170 Å². The second-order valence-corrected chi connectivity index (χ2v) is 11.3.